The number of hydrogen-bond donors (Lipinski definition) is 3. The number of carbonyl (C=O) groups is 4. The second-order valence-electron chi connectivity index (χ2n) is 7.31. The van der Waals surface area contributed by atoms with Crippen LogP contribution in [0.3, 0.4) is 0 Å². The summed E-state index contributed by atoms with van der Waals surface area (Å²) in [5, 5.41) is 14.7. The zero-order chi connectivity index (χ0) is 22.8. The smallest absolute Gasteiger partial charge is 0.243 e. The number of likely N-dealkylation sites (N-methyl/N-ethyl adjacent to an activating group) is 1. The van der Waals surface area contributed by atoms with E-state index in [-0.39, 0.29) is 31.0 Å². The van der Waals surface area contributed by atoms with Crippen LogP contribution in [0.25, 0.3) is 0 Å². The van der Waals surface area contributed by atoms with Crippen molar-refractivity contribution in [2.24, 2.45) is 0 Å². The van der Waals surface area contributed by atoms with Crippen molar-refractivity contribution in [1.29, 1.82) is 0 Å². The summed E-state index contributed by atoms with van der Waals surface area (Å²) in [4.78, 5) is 49.4. The Kier molecular flexibility index (Phi) is 8.75. The Morgan fingerprint density at radius 3 is 2.16 bits per heavy atom. The lowest BCUT2D eigenvalue weighted by atomic mass is 10.0. The van der Waals surface area contributed by atoms with E-state index in [2.05, 4.69) is 10.6 Å². The summed E-state index contributed by atoms with van der Waals surface area (Å²) >= 11 is 0. The van der Waals surface area contributed by atoms with E-state index in [4.69, 9.17) is 0 Å². The molecule has 0 saturated carbocycles. The highest BCUT2D eigenvalue weighted by atomic mass is 16.3. The number of aromatic hydroxyl groups is 1. The van der Waals surface area contributed by atoms with E-state index in [1.54, 1.807) is 12.1 Å². The lowest BCUT2D eigenvalue weighted by molar-refractivity contribution is -0.134. The molecule has 0 aliphatic carbocycles. The highest BCUT2D eigenvalue weighted by molar-refractivity contribution is 5.91. The highest BCUT2D eigenvalue weighted by Gasteiger charge is 2.24. The minimum Gasteiger partial charge on any atom is -0.508 e. The SMILES string of the molecule is CC(=O)N(C)CC(=O)N[C@H](Cc1ccccc1)C(=O)N[C@@H](C=O)Cc1ccc(O)cc1. The lowest BCUT2D eigenvalue weighted by Gasteiger charge is -2.22. The second-order valence-corrected chi connectivity index (χ2v) is 7.31. The second kappa shape index (κ2) is 11.5. The third-order valence-electron chi connectivity index (χ3n) is 4.74. The Morgan fingerprint density at radius 2 is 1.58 bits per heavy atom. The van der Waals surface area contributed by atoms with Gasteiger partial charge in [0.1, 0.15) is 18.1 Å². The van der Waals surface area contributed by atoms with Crippen LogP contribution in [0.4, 0.5) is 0 Å². The standard InChI is InChI=1S/C23H27N3O5/c1-16(28)26(2)14-22(30)25-21(13-17-6-4-3-5-7-17)23(31)24-19(15-27)12-18-8-10-20(29)11-9-18/h3-11,15,19,21,29H,12-14H2,1-2H3,(H,24,31)(H,25,30)/t19-,21-/m1/s1. The van der Waals surface area contributed by atoms with Crippen LogP contribution in [0.2, 0.25) is 0 Å². The van der Waals surface area contributed by atoms with E-state index >= 15 is 0 Å². The first-order valence-electron chi connectivity index (χ1n) is 9.87. The predicted molar refractivity (Wildman–Crippen MR) is 115 cm³/mol. The molecule has 0 bridgehead atoms. The number of rotatable bonds is 10. The first-order chi connectivity index (χ1) is 14.8. The van der Waals surface area contributed by atoms with Crippen molar-refractivity contribution in [3.05, 3.63) is 65.7 Å². The van der Waals surface area contributed by atoms with Crippen LogP contribution in [0.1, 0.15) is 18.1 Å². The first-order valence-corrected chi connectivity index (χ1v) is 9.87. The number of aldehydes is 1. The molecule has 2 aromatic rings. The molecule has 3 N–H and O–H groups in total. The summed E-state index contributed by atoms with van der Waals surface area (Å²) < 4.78 is 0. The molecule has 8 heteroatoms. The van der Waals surface area contributed by atoms with E-state index < -0.39 is 23.9 Å². The molecule has 0 fully saturated rings. The minimum atomic E-state index is -0.919. The van der Waals surface area contributed by atoms with E-state index in [0.717, 1.165) is 11.1 Å². The van der Waals surface area contributed by atoms with Gasteiger partial charge in [-0.2, -0.15) is 0 Å². The minimum absolute atomic E-state index is 0.108. The number of phenolic OH excluding ortho intramolecular Hbond substituents is 1. The lowest BCUT2D eigenvalue weighted by Crippen LogP contribution is -2.53. The number of hydrogen-bond acceptors (Lipinski definition) is 5. The van der Waals surface area contributed by atoms with Crippen molar-refractivity contribution >= 4 is 24.0 Å². The van der Waals surface area contributed by atoms with Gasteiger partial charge in [-0.1, -0.05) is 42.5 Å². The van der Waals surface area contributed by atoms with Crippen LogP contribution in [-0.4, -0.2) is 59.7 Å². The molecule has 3 amide bonds. The number of amides is 3. The van der Waals surface area contributed by atoms with Gasteiger partial charge < -0.3 is 25.4 Å². The van der Waals surface area contributed by atoms with Gasteiger partial charge in [-0.05, 0) is 29.7 Å². The number of phenols is 1. The fourth-order valence-corrected chi connectivity index (χ4v) is 2.93. The molecule has 0 spiro atoms. The average Bonchev–Trinajstić information content (AvgIpc) is 2.74. The van der Waals surface area contributed by atoms with Gasteiger partial charge in [0.2, 0.25) is 17.7 Å². The van der Waals surface area contributed by atoms with E-state index in [1.807, 2.05) is 30.3 Å². The molecular formula is C23H27N3O5. The van der Waals surface area contributed by atoms with Crippen LogP contribution in [-0.2, 0) is 32.0 Å². The van der Waals surface area contributed by atoms with Gasteiger partial charge in [0.05, 0.1) is 12.6 Å². The maximum Gasteiger partial charge on any atom is 0.243 e. The topological polar surface area (TPSA) is 116 Å². The van der Waals surface area contributed by atoms with E-state index in [1.165, 1.54) is 31.0 Å². The summed E-state index contributed by atoms with van der Waals surface area (Å²) in [5.74, 6) is -1.14. The van der Waals surface area contributed by atoms with Crippen LogP contribution in [0, 0.1) is 0 Å². The van der Waals surface area contributed by atoms with Crippen LogP contribution < -0.4 is 10.6 Å². The van der Waals surface area contributed by atoms with Gasteiger partial charge in [0.25, 0.3) is 0 Å². The summed E-state index contributed by atoms with van der Waals surface area (Å²) in [5.41, 5.74) is 1.60. The molecule has 31 heavy (non-hydrogen) atoms. The molecule has 0 aromatic heterocycles. The van der Waals surface area contributed by atoms with Crippen LogP contribution >= 0.6 is 0 Å². The normalized spacial score (nSPS) is 12.3. The monoisotopic (exact) mass is 425 g/mol. The van der Waals surface area contributed by atoms with E-state index in [9.17, 15) is 24.3 Å². The van der Waals surface area contributed by atoms with Gasteiger partial charge in [-0.3, -0.25) is 14.4 Å². The maximum absolute atomic E-state index is 12.9. The molecule has 0 radical (unpaired) electrons. The maximum atomic E-state index is 12.9. The Hall–Kier alpha value is -3.68. The third-order valence-corrected chi connectivity index (χ3v) is 4.74. The van der Waals surface area contributed by atoms with Gasteiger partial charge in [0, 0.05) is 20.4 Å². The number of carbonyl (C=O) groups excluding carboxylic acids is 4. The zero-order valence-electron chi connectivity index (χ0n) is 17.6. The van der Waals surface area contributed by atoms with E-state index in [0.29, 0.717) is 6.29 Å². The Balaban J connectivity index is 2.09. The summed E-state index contributed by atoms with van der Waals surface area (Å²) in [7, 11) is 1.49. The highest BCUT2D eigenvalue weighted by Crippen LogP contribution is 2.11. The summed E-state index contributed by atoms with van der Waals surface area (Å²) in [6.07, 6.45) is 1.11. The molecule has 2 atom stereocenters. The van der Waals surface area contributed by atoms with Gasteiger partial charge in [0.15, 0.2) is 0 Å². The number of nitrogens with zero attached hydrogens (tertiary/aromatic N) is 1. The Bertz CT molecular complexity index is 899. The van der Waals surface area contributed by atoms with Crippen LogP contribution in [0.15, 0.2) is 54.6 Å². The van der Waals surface area contributed by atoms with Gasteiger partial charge in [-0.25, -0.2) is 0 Å². The number of benzene rings is 2. The first kappa shape index (κ1) is 23.6. The molecule has 2 aromatic carbocycles. The fourth-order valence-electron chi connectivity index (χ4n) is 2.93. The molecule has 2 rings (SSSR count). The van der Waals surface area contributed by atoms with Crippen LogP contribution in [0.5, 0.6) is 5.75 Å². The predicted octanol–water partition coefficient (Wildman–Crippen LogP) is 0.824. The van der Waals surface area contributed by atoms with Crippen molar-refractivity contribution < 1.29 is 24.3 Å². The molecule has 0 aliphatic rings. The average molecular weight is 425 g/mol. The van der Waals surface area contributed by atoms with Crippen molar-refractivity contribution in [3.8, 4) is 5.75 Å². The molecular weight excluding hydrogens is 398 g/mol. The molecule has 0 heterocycles. The molecule has 164 valence electrons. The molecule has 0 saturated heterocycles. The van der Waals surface area contributed by atoms with Crippen molar-refractivity contribution in [1.82, 2.24) is 15.5 Å². The number of nitrogens with one attached hydrogen (secondary N) is 2. The largest absolute Gasteiger partial charge is 0.508 e. The van der Waals surface area contributed by atoms with Gasteiger partial charge >= 0.3 is 0 Å². The zero-order valence-corrected chi connectivity index (χ0v) is 17.6. The van der Waals surface area contributed by atoms with Gasteiger partial charge in [-0.15, -0.1) is 0 Å². The molecule has 8 nitrogen and oxygen atoms in total. The quantitative estimate of drug-likeness (QED) is 0.488. The summed E-state index contributed by atoms with van der Waals surface area (Å²) in [6, 6.07) is 13.8. The third kappa shape index (κ3) is 7.93. The van der Waals surface area contributed by atoms with Crippen molar-refractivity contribution in [2.75, 3.05) is 13.6 Å². The Labute approximate surface area is 181 Å². The fraction of sp³-hybridized carbons (Fsp3) is 0.304. The molecule has 0 aliphatic heterocycles. The summed E-state index contributed by atoms with van der Waals surface area (Å²) in [6.45, 7) is 1.16. The Morgan fingerprint density at radius 1 is 0.968 bits per heavy atom. The van der Waals surface area contributed by atoms with Crippen molar-refractivity contribution in [3.63, 3.8) is 0 Å². The molecule has 0 unspecified atom stereocenters. The van der Waals surface area contributed by atoms with Crippen molar-refractivity contribution in [2.45, 2.75) is 31.8 Å².